The van der Waals surface area contributed by atoms with Gasteiger partial charge in [-0.25, -0.2) is 0 Å². The first-order valence-corrected chi connectivity index (χ1v) is 11.3. The van der Waals surface area contributed by atoms with Crippen LogP contribution < -0.4 is 5.32 Å². The molecule has 1 aromatic rings. The van der Waals surface area contributed by atoms with E-state index in [1.165, 1.54) is 0 Å². The summed E-state index contributed by atoms with van der Waals surface area (Å²) in [5.41, 5.74) is 1.71. The second kappa shape index (κ2) is 8.10. The van der Waals surface area contributed by atoms with Crippen LogP contribution in [-0.2, 0) is 4.79 Å². The van der Waals surface area contributed by atoms with Crippen LogP contribution in [0.1, 0.15) is 74.2 Å². The zero-order valence-electron chi connectivity index (χ0n) is 17.7. The number of amides is 2. The Morgan fingerprint density at radius 3 is 2.66 bits per heavy atom. The van der Waals surface area contributed by atoms with Crippen molar-refractivity contribution in [2.45, 2.75) is 70.8 Å². The number of carbonyl (C=O) groups is 2. The molecule has 2 saturated carbocycles. The van der Waals surface area contributed by atoms with E-state index < -0.39 is 5.60 Å². The summed E-state index contributed by atoms with van der Waals surface area (Å²) in [6.07, 6.45) is 7.88. The van der Waals surface area contributed by atoms with Crippen molar-refractivity contribution < 1.29 is 14.7 Å². The molecule has 0 unspecified atom stereocenters. The molecule has 158 valence electrons. The lowest BCUT2D eigenvalue weighted by Crippen LogP contribution is -2.44. The Hall–Kier alpha value is -1.88. The lowest BCUT2D eigenvalue weighted by molar-refractivity contribution is -0.119. The molecule has 0 radical (unpaired) electrons. The third kappa shape index (κ3) is 3.94. The van der Waals surface area contributed by atoms with Crippen molar-refractivity contribution in [2.24, 2.45) is 17.8 Å². The molecule has 4 rings (SSSR count). The molecule has 5 nitrogen and oxygen atoms in total. The third-order valence-corrected chi connectivity index (χ3v) is 7.68. The van der Waals surface area contributed by atoms with Gasteiger partial charge in [0.1, 0.15) is 0 Å². The van der Waals surface area contributed by atoms with E-state index in [0.717, 1.165) is 69.2 Å². The number of benzene rings is 1. The van der Waals surface area contributed by atoms with Crippen LogP contribution in [0.25, 0.3) is 0 Å². The van der Waals surface area contributed by atoms with E-state index in [1.54, 1.807) is 0 Å². The summed E-state index contributed by atoms with van der Waals surface area (Å²) >= 11 is 0. The Morgan fingerprint density at radius 1 is 1.17 bits per heavy atom. The van der Waals surface area contributed by atoms with E-state index in [9.17, 15) is 14.7 Å². The van der Waals surface area contributed by atoms with Crippen LogP contribution in [-0.4, -0.2) is 40.5 Å². The van der Waals surface area contributed by atoms with Gasteiger partial charge in [-0.15, -0.1) is 0 Å². The third-order valence-electron chi connectivity index (χ3n) is 7.68. The van der Waals surface area contributed by atoms with Crippen LogP contribution in [0.5, 0.6) is 0 Å². The number of fused-ring (bicyclic) bond motifs is 1. The van der Waals surface area contributed by atoms with Gasteiger partial charge in [-0.2, -0.15) is 0 Å². The number of hydrogen-bond acceptors (Lipinski definition) is 3. The van der Waals surface area contributed by atoms with Gasteiger partial charge >= 0.3 is 0 Å². The van der Waals surface area contributed by atoms with Gasteiger partial charge in [0.2, 0.25) is 5.91 Å². The average Bonchev–Trinajstić information content (AvgIpc) is 3.40. The van der Waals surface area contributed by atoms with Crippen LogP contribution in [0.4, 0.5) is 5.69 Å². The molecular weight excluding hydrogens is 364 g/mol. The maximum Gasteiger partial charge on any atom is 0.253 e. The molecule has 3 aliphatic rings. The second-order valence-corrected chi connectivity index (χ2v) is 9.43. The number of likely N-dealkylation sites (tertiary alicyclic amines) is 1. The molecule has 0 aromatic heterocycles. The largest absolute Gasteiger partial charge is 0.390 e. The van der Waals surface area contributed by atoms with Gasteiger partial charge in [-0.3, -0.25) is 9.59 Å². The lowest BCUT2D eigenvalue weighted by atomic mass is 9.69. The number of nitrogens with zero attached hydrogens (tertiary/aromatic N) is 1. The highest BCUT2D eigenvalue weighted by Gasteiger charge is 2.48. The minimum atomic E-state index is -0.633. The number of anilines is 1. The number of hydrogen-bond donors (Lipinski definition) is 2. The topological polar surface area (TPSA) is 69.6 Å². The molecule has 2 N–H and O–H groups in total. The van der Waals surface area contributed by atoms with Crippen LogP contribution in [0.15, 0.2) is 18.2 Å². The molecule has 1 saturated heterocycles. The SMILES string of the molecule is CC[C@]1(O)CCC[C@H]2CN(C(=O)c3ccc(C)c(NC(=O)C4CCCC4)c3)C[C@H]21. The zero-order valence-corrected chi connectivity index (χ0v) is 17.7. The molecule has 1 aromatic carbocycles. The van der Waals surface area contributed by atoms with Crippen molar-refractivity contribution in [1.29, 1.82) is 0 Å². The first-order chi connectivity index (χ1) is 13.9. The van der Waals surface area contributed by atoms with Gasteiger partial charge in [0.15, 0.2) is 0 Å². The summed E-state index contributed by atoms with van der Waals surface area (Å²) in [6.45, 7) is 5.37. The quantitative estimate of drug-likeness (QED) is 0.801. The van der Waals surface area contributed by atoms with Gasteiger partial charge < -0.3 is 15.3 Å². The molecule has 3 fully saturated rings. The van der Waals surface area contributed by atoms with Crippen molar-refractivity contribution in [3.05, 3.63) is 29.3 Å². The fourth-order valence-corrected chi connectivity index (χ4v) is 5.73. The fraction of sp³-hybridized carbons (Fsp3) is 0.667. The summed E-state index contributed by atoms with van der Waals surface area (Å²) in [7, 11) is 0. The predicted molar refractivity (Wildman–Crippen MR) is 114 cm³/mol. The van der Waals surface area contributed by atoms with E-state index in [1.807, 2.05) is 36.9 Å². The smallest absolute Gasteiger partial charge is 0.253 e. The highest BCUT2D eigenvalue weighted by Crippen LogP contribution is 2.44. The highest BCUT2D eigenvalue weighted by atomic mass is 16.3. The van der Waals surface area contributed by atoms with Crippen molar-refractivity contribution in [1.82, 2.24) is 4.90 Å². The molecule has 1 aliphatic heterocycles. The van der Waals surface area contributed by atoms with Crippen LogP contribution in [0, 0.1) is 24.7 Å². The Balaban J connectivity index is 1.48. The van der Waals surface area contributed by atoms with Crippen LogP contribution >= 0.6 is 0 Å². The number of aryl methyl sites for hydroxylation is 1. The summed E-state index contributed by atoms with van der Waals surface area (Å²) in [4.78, 5) is 27.7. The first kappa shape index (κ1) is 20.4. The van der Waals surface area contributed by atoms with E-state index in [-0.39, 0.29) is 23.7 Å². The summed E-state index contributed by atoms with van der Waals surface area (Å²) < 4.78 is 0. The molecule has 3 atom stereocenters. The molecular formula is C24H34N2O3. The van der Waals surface area contributed by atoms with Crippen molar-refractivity contribution in [3.63, 3.8) is 0 Å². The van der Waals surface area contributed by atoms with Gasteiger partial charge in [-0.1, -0.05) is 32.3 Å². The lowest BCUT2D eigenvalue weighted by Gasteiger charge is -2.40. The van der Waals surface area contributed by atoms with Crippen LogP contribution in [0.2, 0.25) is 0 Å². The van der Waals surface area contributed by atoms with E-state index in [4.69, 9.17) is 0 Å². The Labute approximate surface area is 173 Å². The predicted octanol–water partition coefficient (Wildman–Crippen LogP) is 4.14. The molecule has 2 aliphatic carbocycles. The second-order valence-electron chi connectivity index (χ2n) is 9.43. The standard InChI is InChI=1S/C24H34N2O3/c1-3-24(29)12-6-9-19-14-26(15-20(19)24)23(28)18-11-10-16(2)21(13-18)25-22(27)17-7-4-5-8-17/h10-11,13,17,19-20,29H,3-9,12,14-15H2,1-2H3,(H,25,27)/t19-,20+,24-/m0/s1. The molecule has 0 bridgehead atoms. The van der Waals surface area contributed by atoms with Crippen molar-refractivity contribution >= 4 is 17.5 Å². The van der Waals surface area contributed by atoms with E-state index >= 15 is 0 Å². The molecule has 5 heteroatoms. The van der Waals surface area contributed by atoms with Gasteiger partial charge in [0.25, 0.3) is 5.91 Å². The molecule has 29 heavy (non-hydrogen) atoms. The fourth-order valence-electron chi connectivity index (χ4n) is 5.73. The van der Waals surface area contributed by atoms with E-state index in [2.05, 4.69) is 5.32 Å². The van der Waals surface area contributed by atoms with Crippen molar-refractivity contribution in [3.8, 4) is 0 Å². The Kier molecular flexibility index (Phi) is 5.69. The number of aliphatic hydroxyl groups is 1. The zero-order chi connectivity index (χ0) is 20.6. The Morgan fingerprint density at radius 2 is 1.93 bits per heavy atom. The molecule has 1 heterocycles. The number of carbonyl (C=O) groups excluding carboxylic acids is 2. The van der Waals surface area contributed by atoms with Gasteiger partial charge in [0, 0.05) is 36.2 Å². The average molecular weight is 399 g/mol. The minimum absolute atomic E-state index is 0.00854. The van der Waals surface area contributed by atoms with Crippen LogP contribution in [0.3, 0.4) is 0 Å². The Bertz CT molecular complexity index is 786. The number of rotatable bonds is 4. The maximum atomic E-state index is 13.2. The van der Waals surface area contributed by atoms with E-state index in [0.29, 0.717) is 18.0 Å². The van der Waals surface area contributed by atoms with Gasteiger partial charge in [0.05, 0.1) is 5.60 Å². The monoisotopic (exact) mass is 398 g/mol. The summed E-state index contributed by atoms with van der Waals surface area (Å²) in [6, 6.07) is 5.61. The van der Waals surface area contributed by atoms with Crippen molar-refractivity contribution in [2.75, 3.05) is 18.4 Å². The minimum Gasteiger partial charge on any atom is -0.390 e. The molecule has 2 amide bonds. The summed E-state index contributed by atoms with van der Waals surface area (Å²) in [5.74, 6) is 0.758. The van der Waals surface area contributed by atoms with Gasteiger partial charge in [-0.05, 0) is 62.6 Å². The summed E-state index contributed by atoms with van der Waals surface area (Å²) in [5, 5.41) is 14.1. The number of nitrogens with one attached hydrogen (secondary N) is 1. The maximum absolute atomic E-state index is 13.2. The highest BCUT2D eigenvalue weighted by molar-refractivity contribution is 5.98. The molecule has 0 spiro atoms. The first-order valence-electron chi connectivity index (χ1n) is 11.3. The normalized spacial score (nSPS) is 29.7.